The van der Waals surface area contributed by atoms with E-state index in [2.05, 4.69) is 15.3 Å². The first-order valence-electron chi connectivity index (χ1n) is 7.45. The van der Waals surface area contributed by atoms with Gasteiger partial charge in [0.15, 0.2) is 0 Å². The lowest BCUT2D eigenvalue weighted by molar-refractivity contribution is 0.0696. The standard InChI is InChI=1S/C17H20N4O/c1-3-17(2,22)11-18-15-9-6-10-16(20-15)21-12-19-13-7-4-5-8-14(13)21/h4-10,12,22H,3,11H2,1-2H3,(H,18,20). The minimum Gasteiger partial charge on any atom is -0.388 e. The van der Waals surface area contributed by atoms with Gasteiger partial charge >= 0.3 is 0 Å². The first-order chi connectivity index (χ1) is 10.6. The van der Waals surface area contributed by atoms with Gasteiger partial charge in [0.05, 0.1) is 16.6 Å². The van der Waals surface area contributed by atoms with Gasteiger partial charge < -0.3 is 10.4 Å². The monoisotopic (exact) mass is 296 g/mol. The molecule has 0 aliphatic rings. The summed E-state index contributed by atoms with van der Waals surface area (Å²) in [6.07, 6.45) is 2.46. The largest absolute Gasteiger partial charge is 0.388 e. The molecule has 0 saturated carbocycles. The molecule has 0 saturated heterocycles. The summed E-state index contributed by atoms with van der Waals surface area (Å²) < 4.78 is 1.96. The lowest BCUT2D eigenvalue weighted by Gasteiger charge is -2.22. The Morgan fingerprint density at radius 2 is 2.00 bits per heavy atom. The van der Waals surface area contributed by atoms with E-state index in [0.29, 0.717) is 13.0 Å². The molecule has 2 aromatic heterocycles. The first-order valence-corrected chi connectivity index (χ1v) is 7.45. The molecule has 0 spiro atoms. The summed E-state index contributed by atoms with van der Waals surface area (Å²) >= 11 is 0. The molecule has 1 atom stereocenters. The van der Waals surface area contributed by atoms with Crippen LogP contribution >= 0.6 is 0 Å². The van der Waals surface area contributed by atoms with Crippen molar-refractivity contribution in [3.05, 3.63) is 48.8 Å². The number of benzene rings is 1. The summed E-state index contributed by atoms with van der Waals surface area (Å²) in [5.41, 5.74) is 1.23. The van der Waals surface area contributed by atoms with Crippen molar-refractivity contribution in [1.29, 1.82) is 0 Å². The third-order valence-corrected chi connectivity index (χ3v) is 3.85. The number of imidazole rings is 1. The van der Waals surface area contributed by atoms with Crippen LogP contribution in [-0.4, -0.2) is 31.8 Å². The van der Waals surface area contributed by atoms with Crippen LogP contribution in [0, 0.1) is 0 Å². The highest BCUT2D eigenvalue weighted by molar-refractivity contribution is 5.76. The number of hydrogen-bond acceptors (Lipinski definition) is 4. The maximum absolute atomic E-state index is 10.1. The van der Waals surface area contributed by atoms with Crippen LogP contribution in [0.2, 0.25) is 0 Å². The number of rotatable bonds is 5. The number of fused-ring (bicyclic) bond motifs is 1. The Bertz CT molecular complexity index is 779. The maximum atomic E-state index is 10.1. The Kier molecular flexibility index (Phi) is 3.81. The van der Waals surface area contributed by atoms with Crippen molar-refractivity contribution < 1.29 is 5.11 Å². The van der Waals surface area contributed by atoms with Gasteiger partial charge in [-0.25, -0.2) is 9.97 Å². The van der Waals surface area contributed by atoms with Crippen molar-refractivity contribution in [3.63, 3.8) is 0 Å². The number of hydrogen-bond donors (Lipinski definition) is 2. The maximum Gasteiger partial charge on any atom is 0.140 e. The van der Waals surface area contributed by atoms with E-state index in [1.54, 1.807) is 6.33 Å². The molecule has 2 N–H and O–H groups in total. The summed E-state index contributed by atoms with van der Waals surface area (Å²) in [6.45, 7) is 4.24. The van der Waals surface area contributed by atoms with E-state index in [0.717, 1.165) is 22.7 Å². The molecule has 0 aliphatic heterocycles. The zero-order valence-corrected chi connectivity index (χ0v) is 12.8. The van der Waals surface area contributed by atoms with E-state index >= 15 is 0 Å². The number of aliphatic hydroxyl groups is 1. The molecular weight excluding hydrogens is 276 g/mol. The second kappa shape index (κ2) is 5.77. The van der Waals surface area contributed by atoms with Crippen LogP contribution < -0.4 is 5.32 Å². The number of anilines is 1. The average Bonchev–Trinajstić information content (AvgIpc) is 2.97. The summed E-state index contributed by atoms with van der Waals surface area (Å²) in [6, 6.07) is 13.7. The van der Waals surface area contributed by atoms with Crippen molar-refractivity contribution in [2.75, 3.05) is 11.9 Å². The second-order valence-corrected chi connectivity index (χ2v) is 5.69. The van der Waals surface area contributed by atoms with Crippen molar-refractivity contribution >= 4 is 16.9 Å². The SMILES string of the molecule is CCC(C)(O)CNc1cccc(-n2cnc3ccccc32)n1. The number of nitrogens with zero attached hydrogens (tertiary/aromatic N) is 3. The van der Waals surface area contributed by atoms with Crippen LogP contribution in [0.3, 0.4) is 0 Å². The molecule has 0 amide bonds. The number of nitrogens with one attached hydrogen (secondary N) is 1. The Morgan fingerprint density at radius 1 is 1.18 bits per heavy atom. The molecule has 0 aliphatic carbocycles. The quantitative estimate of drug-likeness (QED) is 0.760. The third-order valence-electron chi connectivity index (χ3n) is 3.85. The fourth-order valence-electron chi connectivity index (χ4n) is 2.20. The molecule has 3 rings (SSSR count). The molecular formula is C17H20N4O. The van der Waals surface area contributed by atoms with Gasteiger partial charge in [0.25, 0.3) is 0 Å². The van der Waals surface area contributed by atoms with Crippen LogP contribution in [-0.2, 0) is 0 Å². The minimum absolute atomic E-state index is 0.463. The zero-order chi connectivity index (χ0) is 15.6. The highest BCUT2D eigenvalue weighted by Crippen LogP contribution is 2.18. The minimum atomic E-state index is -0.737. The molecule has 22 heavy (non-hydrogen) atoms. The molecule has 114 valence electrons. The van der Waals surface area contributed by atoms with Crippen LogP contribution in [0.25, 0.3) is 16.9 Å². The second-order valence-electron chi connectivity index (χ2n) is 5.69. The Labute approximate surface area is 129 Å². The summed E-state index contributed by atoms with van der Waals surface area (Å²) in [7, 11) is 0. The predicted octanol–water partition coefficient (Wildman–Crippen LogP) is 2.99. The molecule has 3 aromatic rings. The topological polar surface area (TPSA) is 63.0 Å². The summed E-state index contributed by atoms with van der Waals surface area (Å²) in [4.78, 5) is 8.99. The zero-order valence-electron chi connectivity index (χ0n) is 12.8. The Hall–Kier alpha value is -2.40. The molecule has 0 fully saturated rings. The van der Waals surface area contributed by atoms with Gasteiger partial charge in [0.2, 0.25) is 0 Å². The van der Waals surface area contributed by atoms with Gasteiger partial charge in [-0.1, -0.05) is 25.1 Å². The van der Waals surface area contributed by atoms with E-state index in [9.17, 15) is 5.11 Å². The van der Waals surface area contributed by atoms with E-state index < -0.39 is 5.60 Å². The van der Waals surface area contributed by atoms with Crippen molar-refractivity contribution in [1.82, 2.24) is 14.5 Å². The van der Waals surface area contributed by atoms with Gasteiger partial charge in [-0.05, 0) is 37.6 Å². The van der Waals surface area contributed by atoms with Crippen LogP contribution in [0.1, 0.15) is 20.3 Å². The highest BCUT2D eigenvalue weighted by atomic mass is 16.3. The fourth-order valence-corrected chi connectivity index (χ4v) is 2.20. The molecule has 1 unspecified atom stereocenters. The Balaban J connectivity index is 1.88. The van der Waals surface area contributed by atoms with E-state index in [1.807, 2.05) is 60.9 Å². The molecule has 0 radical (unpaired) electrons. The van der Waals surface area contributed by atoms with Gasteiger partial charge in [-0.2, -0.15) is 0 Å². The van der Waals surface area contributed by atoms with E-state index in [4.69, 9.17) is 0 Å². The van der Waals surface area contributed by atoms with Crippen LogP contribution in [0.5, 0.6) is 0 Å². The van der Waals surface area contributed by atoms with Crippen molar-refractivity contribution in [2.24, 2.45) is 0 Å². The van der Waals surface area contributed by atoms with Crippen LogP contribution in [0.4, 0.5) is 5.82 Å². The molecule has 5 heteroatoms. The number of aromatic nitrogens is 3. The van der Waals surface area contributed by atoms with Crippen LogP contribution in [0.15, 0.2) is 48.8 Å². The van der Waals surface area contributed by atoms with Crippen molar-refractivity contribution in [2.45, 2.75) is 25.9 Å². The molecule has 0 bridgehead atoms. The van der Waals surface area contributed by atoms with Gasteiger partial charge in [-0.15, -0.1) is 0 Å². The smallest absolute Gasteiger partial charge is 0.140 e. The number of pyridine rings is 1. The van der Waals surface area contributed by atoms with E-state index in [-0.39, 0.29) is 0 Å². The van der Waals surface area contributed by atoms with Gasteiger partial charge in [-0.3, -0.25) is 4.57 Å². The lowest BCUT2D eigenvalue weighted by Crippen LogP contribution is -2.32. The van der Waals surface area contributed by atoms with Gasteiger partial charge in [0.1, 0.15) is 18.0 Å². The third kappa shape index (κ3) is 2.94. The molecule has 2 heterocycles. The normalized spacial score (nSPS) is 14.0. The number of para-hydroxylation sites is 2. The molecule has 5 nitrogen and oxygen atoms in total. The Morgan fingerprint density at radius 3 is 2.82 bits per heavy atom. The first kappa shape index (κ1) is 14.5. The average molecular weight is 296 g/mol. The highest BCUT2D eigenvalue weighted by Gasteiger charge is 2.17. The summed E-state index contributed by atoms with van der Waals surface area (Å²) in [5.74, 6) is 1.54. The lowest BCUT2D eigenvalue weighted by atomic mass is 10.0. The van der Waals surface area contributed by atoms with E-state index in [1.165, 1.54) is 0 Å². The fraction of sp³-hybridized carbons (Fsp3) is 0.294. The van der Waals surface area contributed by atoms with Crippen molar-refractivity contribution in [3.8, 4) is 5.82 Å². The van der Waals surface area contributed by atoms with Gasteiger partial charge in [0, 0.05) is 6.54 Å². The predicted molar refractivity (Wildman–Crippen MR) is 88.3 cm³/mol. The summed E-state index contributed by atoms with van der Waals surface area (Å²) in [5, 5.41) is 13.3. The molecule has 1 aromatic carbocycles.